The average molecular weight is 366 g/mol. The van der Waals surface area contributed by atoms with Crippen LogP contribution < -0.4 is 0 Å². The van der Waals surface area contributed by atoms with Crippen molar-refractivity contribution in [3.63, 3.8) is 0 Å². The zero-order chi connectivity index (χ0) is 19.5. The Morgan fingerprint density at radius 1 is 0.962 bits per heavy atom. The van der Waals surface area contributed by atoms with Crippen molar-refractivity contribution >= 4 is 17.7 Å². The summed E-state index contributed by atoms with van der Waals surface area (Å²) in [5.41, 5.74) is 0. The lowest BCUT2D eigenvalue weighted by molar-refractivity contribution is -0.154. The molecule has 0 unspecified atom stereocenters. The second-order valence-electron chi connectivity index (χ2n) is 6.14. The van der Waals surface area contributed by atoms with Crippen molar-refractivity contribution in [3.05, 3.63) is 25.3 Å². The number of amides is 3. The molecule has 0 aromatic heterocycles. The highest BCUT2D eigenvalue weighted by atomic mass is 16.3. The van der Waals surface area contributed by atoms with Crippen molar-refractivity contribution in [2.75, 3.05) is 46.2 Å². The zero-order valence-electron chi connectivity index (χ0n) is 15.6. The van der Waals surface area contributed by atoms with E-state index in [4.69, 9.17) is 5.11 Å². The highest BCUT2D eigenvalue weighted by Crippen LogP contribution is 2.11. The van der Waals surface area contributed by atoms with E-state index in [1.807, 2.05) is 6.92 Å². The molecule has 26 heavy (non-hydrogen) atoms. The van der Waals surface area contributed by atoms with E-state index in [1.54, 1.807) is 0 Å². The molecular weight excluding hydrogens is 336 g/mol. The minimum atomic E-state index is -0.330. The molecular formula is C18H30N4O4. The summed E-state index contributed by atoms with van der Waals surface area (Å²) in [5, 5.41) is 8.86. The van der Waals surface area contributed by atoms with Crippen LogP contribution in [0.3, 0.4) is 0 Å². The third-order valence-corrected chi connectivity index (χ3v) is 4.32. The number of hydrogen-bond donors (Lipinski definition) is 1. The van der Waals surface area contributed by atoms with E-state index in [1.165, 1.54) is 26.9 Å². The van der Waals surface area contributed by atoms with Crippen molar-refractivity contribution < 1.29 is 19.5 Å². The fourth-order valence-electron chi connectivity index (χ4n) is 2.73. The zero-order valence-corrected chi connectivity index (χ0v) is 15.6. The molecule has 0 aliphatic carbocycles. The summed E-state index contributed by atoms with van der Waals surface area (Å²) >= 11 is 0. The first kappa shape index (κ1) is 21.9. The van der Waals surface area contributed by atoms with Gasteiger partial charge in [-0.25, -0.2) is 0 Å². The number of aliphatic hydroxyl groups is 1. The number of aliphatic hydroxyl groups excluding tert-OH is 1. The van der Waals surface area contributed by atoms with Crippen LogP contribution in [0.5, 0.6) is 0 Å². The van der Waals surface area contributed by atoms with Gasteiger partial charge in [-0.3, -0.25) is 14.4 Å². The molecule has 0 saturated carbocycles. The predicted octanol–water partition coefficient (Wildman–Crippen LogP) is 0.215. The molecule has 0 radical (unpaired) electrons. The topological polar surface area (TPSA) is 84.4 Å². The van der Waals surface area contributed by atoms with Crippen LogP contribution in [0.1, 0.15) is 26.2 Å². The van der Waals surface area contributed by atoms with Crippen LogP contribution >= 0.6 is 0 Å². The fourth-order valence-corrected chi connectivity index (χ4v) is 2.73. The van der Waals surface area contributed by atoms with E-state index < -0.39 is 0 Å². The molecule has 8 heteroatoms. The number of carbonyl (C=O) groups excluding carboxylic acids is 3. The molecule has 8 nitrogen and oxygen atoms in total. The van der Waals surface area contributed by atoms with E-state index >= 15 is 0 Å². The molecule has 0 aromatic carbocycles. The monoisotopic (exact) mass is 366 g/mol. The molecule has 1 aliphatic rings. The van der Waals surface area contributed by atoms with E-state index in [-0.39, 0.29) is 44.3 Å². The molecule has 0 aromatic rings. The maximum absolute atomic E-state index is 12.6. The van der Waals surface area contributed by atoms with E-state index in [9.17, 15) is 14.4 Å². The Bertz CT molecular complexity index is 495. The Balaban J connectivity index is 2.66. The van der Waals surface area contributed by atoms with Crippen LogP contribution in [-0.4, -0.2) is 88.7 Å². The lowest BCUT2D eigenvalue weighted by Crippen LogP contribution is -2.59. The lowest BCUT2D eigenvalue weighted by Gasteiger charge is -2.41. The standard InChI is InChI=1S/C18H30N4O4/c1-4-16(24)20-13-21(17(25)5-2)15-22(14-20)18(26)9-11-19(6-3)10-7-8-12-23/h4-5,23H,1-2,6-15H2,3H3. The summed E-state index contributed by atoms with van der Waals surface area (Å²) in [5.74, 6) is -0.777. The van der Waals surface area contributed by atoms with Crippen molar-refractivity contribution in [1.29, 1.82) is 0 Å². The summed E-state index contributed by atoms with van der Waals surface area (Å²) in [6.07, 6.45) is 4.27. The van der Waals surface area contributed by atoms with Gasteiger partial charge < -0.3 is 24.7 Å². The van der Waals surface area contributed by atoms with Gasteiger partial charge in [0.1, 0.15) is 0 Å². The second kappa shape index (κ2) is 11.4. The van der Waals surface area contributed by atoms with Crippen molar-refractivity contribution in [2.45, 2.75) is 26.2 Å². The fraction of sp³-hybridized carbons (Fsp3) is 0.611. The SMILES string of the molecule is C=CC(=O)N1CN(C(=O)C=C)CN(C(=O)CCN(CC)CCCCO)C1. The minimum Gasteiger partial charge on any atom is -0.396 e. The van der Waals surface area contributed by atoms with Gasteiger partial charge in [-0.05, 0) is 38.1 Å². The lowest BCUT2D eigenvalue weighted by atomic mass is 10.2. The summed E-state index contributed by atoms with van der Waals surface area (Å²) in [6, 6.07) is 0. The molecule has 0 atom stereocenters. The first-order valence-electron chi connectivity index (χ1n) is 8.90. The largest absolute Gasteiger partial charge is 0.396 e. The summed E-state index contributed by atoms with van der Waals surface area (Å²) < 4.78 is 0. The molecule has 3 amide bonds. The van der Waals surface area contributed by atoms with Crippen LogP contribution in [0.4, 0.5) is 0 Å². The first-order chi connectivity index (χ1) is 12.5. The third kappa shape index (κ3) is 6.61. The normalized spacial score (nSPS) is 14.5. The summed E-state index contributed by atoms with van der Waals surface area (Å²) in [7, 11) is 0. The number of nitrogens with zero attached hydrogens (tertiary/aromatic N) is 4. The van der Waals surface area contributed by atoms with Gasteiger partial charge in [0.25, 0.3) is 0 Å². The van der Waals surface area contributed by atoms with Gasteiger partial charge in [-0.2, -0.15) is 0 Å². The molecule has 0 spiro atoms. The van der Waals surface area contributed by atoms with Crippen LogP contribution in [0.2, 0.25) is 0 Å². The van der Waals surface area contributed by atoms with Gasteiger partial charge in [0.05, 0.1) is 20.0 Å². The molecule has 1 N–H and O–H groups in total. The van der Waals surface area contributed by atoms with E-state index in [2.05, 4.69) is 18.1 Å². The van der Waals surface area contributed by atoms with Gasteiger partial charge >= 0.3 is 0 Å². The third-order valence-electron chi connectivity index (χ3n) is 4.32. The average Bonchev–Trinajstić information content (AvgIpc) is 2.68. The molecule has 146 valence electrons. The minimum absolute atomic E-state index is 0.113. The predicted molar refractivity (Wildman–Crippen MR) is 98.6 cm³/mol. The smallest absolute Gasteiger partial charge is 0.248 e. The molecule has 1 heterocycles. The highest BCUT2D eigenvalue weighted by Gasteiger charge is 2.30. The van der Waals surface area contributed by atoms with Crippen LogP contribution in [0.15, 0.2) is 25.3 Å². The Morgan fingerprint density at radius 3 is 1.96 bits per heavy atom. The second-order valence-corrected chi connectivity index (χ2v) is 6.14. The van der Waals surface area contributed by atoms with Crippen LogP contribution in [-0.2, 0) is 14.4 Å². The maximum atomic E-state index is 12.6. The Hall–Kier alpha value is -2.19. The van der Waals surface area contributed by atoms with E-state index in [0.717, 1.165) is 25.9 Å². The quantitative estimate of drug-likeness (QED) is 0.442. The number of unbranched alkanes of at least 4 members (excludes halogenated alkanes) is 1. The molecule has 1 saturated heterocycles. The summed E-state index contributed by atoms with van der Waals surface area (Å²) in [4.78, 5) is 42.9. The van der Waals surface area contributed by atoms with Crippen LogP contribution in [0.25, 0.3) is 0 Å². The molecule has 1 aliphatic heterocycles. The molecule has 0 bridgehead atoms. The molecule has 1 fully saturated rings. The first-order valence-corrected chi connectivity index (χ1v) is 8.90. The number of rotatable bonds is 10. The number of carbonyl (C=O) groups is 3. The Labute approximate surface area is 155 Å². The maximum Gasteiger partial charge on any atom is 0.248 e. The van der Waals surface area contributed by atoms with Gasteiger partial charge in [-0.1, -0.05) is 20.1 Å². The summed E-state index contributed by atoms with van der Waals surface area (Å²) in [6.45, 7) is 11.8. The van der Waals surface area contributed by atoms with Crippen molar-refractivity contribution in [1.82, 2.24) is 19.6 Å². The number of hydrogen-bond acceptors (Lipinski definition) is 5. The molecule has 1 rings (SSSR count). The highest BCUT2D eigenvalue weighted by molar-refractivity contribution is 5.90. The Kier molecular flexibility index (Phi) is 9.61. The van der Waals surface area contributed by atoms with Crippen molar-refractivity contribution in [3.8, 4) is 0 Å². The Morgan fingerprint density at radius 2 is 1.50 bits per heavy atom. The van der Waals surface area contributed by atoms with Crippen molar-refractivity contribution in [2.24, 2.45) is 0 Å². The van der Waals surface area contributed by atoms with Gasteiger partial charge in [0.2, 0.25) is 17.7 Å². The van der Waals surface area contributed by atoms with Gasteiger partial charge in [-0.15, -0.1) is 0 Å². The van der Waals surface area contributed by atoms with Crippen LogP contribution in [0, 0.1) is 0 Å². The van der Waals surface area contributed by atoms with E-state index in [0.29, 0.717) is 13.0 Å². The van der Waals surface area contributed by atoms with Gasteiger partial charge in [0, 0.05) is 19.6 Å². The van der Waals surface area contributed by atoms with Gasteiger partial charge in [0.15, 0.2) is 0 Å².